The second kappa shape index (κ2) is 5.09. The summed E-state index contributed by atoms with van der Waals surface area (Å²) in [4.78, 5) is 12.0. The fraction of sp³-hybridized carbons (Fsp3) is 0.500. The van der Waals surface area contributed by atoms with Crippen molar-refractivity contribution in [3.8, 4) is 0 Å². The zero-order chi connectivity index (χ0) is 14.0. The van der Waals surface area contributed by atoms with Gasteiger partial charge in [0.15, 0.2) is 0 Å². The van der Waals surface area contributed by atoms with E-state index in [1.165, 1.54) is 7.11 Å². The van der Waals surface area contributed by atoms with Crippen molar-refractivity contribution >= 4 is 5.97 Å². The van der Waals surface area contributed by atoms with Gasteiger partial charge in [-0.25, -0.2) is 4.79 Å². The van der Waals surface area contributed by atoms with Crippen molar-refractivity contribution in [1.29, 1.82) is 0 Å². The molecule has 2 heterocycles. The number of methoxy groups -OCH3 is 1. The molecule has 1 aliphatic rings. The Bertz CT molecular complexity index is 484. The third-order valence-electron chi connectivity index (χ3n) is 3.01. The van der Waals surface area contributed by atoms with Crippen LogP contribution in [0.5, 0.6) is 0 Å². The minimum Gasteiger partial charge on any atom is -0.494 e. The van der Waals surface area contributed by atoms with Gasteiger partial charge in [0.1, 0.15) is 23.0 Å². The van der Waals surface area contributed by atoms with Gasteiger partial charge < -0.3 is 18.6 Å². The monoisotopic (exact) mass is 266 g/mol. The topological polar surface area (TPSA) is 57.9 Å². The summed E-state index contributed by atoms with van der Waals surface area (Å²) in [5.41, 5.74) is 0.487. The average Bonchev–Trinajstić information content (AvgIpc) is 2.96. The van der Waals surface area contributed by atoms with E-state index in [0.29, 0.717) is 17.9 Å². The molecule has 0 fully saturated rings. The maximum atomic E-state index is 12.0. The van der Waals surface area contributed by atoms with E-state index in [-0.39, 0.29) is 0 Å². The van der Waals surface area contributed by atoms with Crippen LogP contribution in [0.25, 0.3) is 0 Å². The smallest absolute Gasteiger partial charge is 0.340 e. The highest BCUT2D eigenvalue weighted by Crippen LogP contribution is 2.44. The van der Waals surface area contributed by atoms with Crippen LogP contribution in [0.3, 0.4) is 0 Å². The Kier molecular flexibility index (Phi) is 3.66. The van der Waals surface area contributed by atoms with Crippen molar-refractivity contribution in [2.45, 2.75) is 32.5 Å². The summed E-state index contributed by atoms with van der Waals surface area (Å²) >= 11 is 0. The zero-order valence-electron chi connectivity index (χ0n) is 11.6. The van der Waals surface area contributed by atoms with Crippen molar-refractivity contribution in [3.05, 3.63) is 35.5 Å². The predicted molar refractivity (Wildman–Crippen MR) is 67.3 cm³/mol. The summed E-state index contributed by atoms with van der Waals surface area (Å²) in [6.07, 6.45) is 2.57. The van der Waals surface area contributed by atoms with Gasteiger partial charge in [0.25, 0.3) is 0 Å². The van der Waals surface area contributed by atoms with E-state index in [1.807, 2.05) is 20.8 Å². The van der Waals surface area contributed by atoms with Gasteiger partial charge in [-0.3, -0.25) is 0 Å². The summed E-state index contributed by atoms with van der Waals surface area (Å²) in [7, 11) is 1.34. The molecule has 104 valence electrons. The minimum absolute atomic E-state index is 0.399. The Labute approximate surface area is 112 Å². The summed E-state index contributed by atoms with van der Waals surface area (Å²) in [5.74, 6) is 0.0771. The summed E-state index contributed by atoms with van der Waals surface area (Å²) in [6, 6.07) is 1.76. The Morgan fingerprint density at radius 3 is 2.74 bits per heavy atom. The normalized spacial score (nSPS) is 21.6. The van der Waals surface area contributed by atoms with Crippen LogP contribution in [-0.2, 0) is 19.0 Å². The number of hydrogen-bond acceptors (Lipinski definition) is 5. The van der Waals surface area contributed by atoms with E-state index in [4.69, 9.17) is 18.6 Å². The third-order valence-corrected chi connectivity index (χ3v) is 3.01. The molecule has 5 heteroatoms. The molecule has 2 rings (SSSR count). The highest BCUT2D eigenvalue weighted by molar-refractivity contribution is 5.91. The van der Waals surface area contributed by atoms with Crippen molar-refractivity contribution in [1.82, 2.24) is 0 Å². The molecular formula is C14H18O5. The fourth-order valence-corrected chi connectivity index (χ4v) is 2.21. The molecule has 1 aromatic heterocycles. The van der Waals surface area contributed by atoms with Gasteiger partial charge in [-0.2, -0.15) is 0 Å². The number of ether oxygens (including phenoxy) is 3. The molecule has 0 aliphatic carbocycles. The lowest BCUT2D eigenvalue weighted by atomic mass is 10.0. The lowest BCUT2D eigenvalue weighted by Crippen LogP contribution is -2.24. The minimum atomic E-state index is -0.679. The molecule has 0 bridgehead atoms. The van der Waals surface area contributed by atoms with E-state index in [9.17, 15) is 4.79 Å². The van der Waals surface area contributed by atoms with Gasteiger partial charge >= 0.3 is 5.97 Å². The first-order valence-electron chi connectivity index (χ1n) is 6.17. The lowest BCUT2D eigenvalue weighted by molar-refractivity contribution is -0.137. The molecular weight excluding hydrogens is 248 g/mol. The molecule has 0 spiro atoms. The van der Waals surface area contributed by atoms with Crippen LogP contribution in [0.2, 0.25) is 0 Å². The maximum Gasteiger partial charge on any atom is 0.340 e. The summed E-state index contributed by atoms with van der Waals surface area (Å²) in [5, 5.41) is 0. The highest BCUT2D eigenvalue weighted by Gasteiger charge is 2.46. The molecule has 1 aliphatic heterocycles. The van der Waals surface area contributed by atoms with Crippen molar-refractivity contribution in [2.75, 3.05) is 13.7 Å². The first-order valence-corrected chi connectivity index (χ1v) is 6.17. The van der Waals surface area contributed by atoms with Crippen molar-refractivity contribution in [3.63, 3.8) is 0 Å². The first-order chi connectivity index (χ1) is 9.01. The Hall–Kier alpha value is -1.75. The fourth-order valence-electron chi connectivity index (χ4n) is 2.21. The summed E-state index contributed by atoms with van der Waals surface area (Å²) in [6.45, 7) is 6.05. The molecule has 0 saturated carbocycles. The number of esters is 1. The molecule has 0 aromatic carbocycles. The molecule has 5 nitrogen and oxygen atoms in total. The Morgan fingerprint density at radius 1 is 1.47 bits per heavy atom. The molecule has 0 unspecified atom stereocenters. The highest BCUT2D eigenvalue weighted by atomic mass is 16.6. The zero-order valence-corrected chi connectivity index (χ0v) is 11.6. The molecule has 0 saturated heterocycles. The molecule has 1 aromatic rings. The SMILES string of the molecule is CCOC1=C(C(=O)OC)[C@H](c2ccoc2)OC1(C)C. The van der Waals surface area contributed by atoms with Gasteiger partial charge in [0.2, 0.25) is 0 Å². The molecule has 0 amide bonds. The lowest BCUT2D eigenvalue weighted by Gasteiger charge is -2.22. The maximum absolute atomic E-state index is 12.0. The quantitative estimate of drug-likeness (QED) is 0.784. The Morgan fingerprint density at radius 2 is 2.21 bits per heavy atom. The van der Waals surface area contributed by atoms with Gasteiger partial charge in [0.05, 0.1) is 26.2 Å². The number of carbonyl (C=O) groups is 1. The van der Waals surface area contributed by atoms with Crippen LogP contribution in [0, 0.1) is 0 Å². The van der Waals surface area contributed by atoms with Gasteiger partial charge in [-0.15, -0.1) is 0 Å². The second-order valence-electron chi connectivity index (χ2n) is 4.73. The van der Waals surface area contributed by atoms with E-state index in [1.54, 1.807) is 18.6 Å². The first kappa shape index (κ1) is 13.7. The van der Waals surface area contributed by atoms with E-state index < -0.39 is 17.7 Å². The summed E-state index contributed by atoms with van der Waals surface area (Å²) < 4.78 is 21.4. The number of furan rings is 1. The van der Waals surface area contributed by atoms with Gasteiger partial charge in [-0.1, -0.05) is 0 Å². The molecule has 0 radical (unpaired) electrons. The van der Waals surface area contributed by atoms with Crippen LogP contribution in [-0.4, -0.2) is 25.3 Å². The van der Waals surface area contributed by atoms with E-state index in [0.717, 1.165) is 5.56 Å². The van der Waals surface area contributed by atoms with Gasteiger partial charge in [0, 0.05) is 5.56 Å². The van der Waals surface area contributed by atoms with E-state index >= 15 is 0 Å². The van der Waals surface area contributed by atoms with Crippen LogP contribution < -0.4 is 0 Å². The number of hydrogen-bond donors (Lipinski definition) is 0. The van der Waals surface area contributed by atoms with Crippen LogP contribution in [0.4, 0.5) is 0 Å². The van der Waals surface area contributed by atoms with Gasteiger partial charge in [-0.05, 0) is 26.8 Å². The van der Waals surface area contributed by atoms with E-state index in [2.05, 4.69) is 0 Å². The van der Waals surface area contributed by atoms with Crippen LogP contribution >= 0.6 is 0 Å². The average molecular weight is 266 g/mol. The predicted octanol–water partition coefficient (Wildman–Crippen LogP) is 2.59. The molecule has 19 heavy (non-hydrogen) atoms. The second-order valence-corrected chi connectivity index (χ2v) is 4.73. The molecule has 1 atom stereocenters. The van der Waals surface area contributed by atoms with Crippen LogP contribution in [0.15, 0.2) is 34.3 Å². The van der Waals surface area contributed by atoms with Crippen molar-refractivity contribution in [2.24, 2.45) is 0 Å². The number of carbonyl (C=O) groups excluding carboxylic acids is 1. The third kappa shape index (κ3) is 2.38. The molecule has 0 N–H and O–H groups in total. The Balaban J connectivity index is 2.49. The largest absolute Gasteiger partial charge is 0.494 e. The number of rotatable bonds is 4. The standard InChI is InChI=1S/C14H18O5/c1-5-18-12-10(13(15)16-4)11(19-14(12,2)3)9-6-7-17-8-9/h6-8,11H,5H2,1-4H3/t11-/m0/s1. The van der Waals surface area contributed by atoms with Crippen LogP contribution in [0.1, 0.15) is 32.4 Å². The van der Waals surface area contributed by atoms with Crippen molar-refractivity contribution < 1.29 is 23.4 Å².